The number of aromatic nitrogens is 2. The quantitative estimate of drug-likeness (QED) is 0.749. The van der Waals surface area contributed by atoms with Gasteiger partial charge >= 0.3 is 5.97 Å². The molecule has 2 aromatic heterocycles. The van der Waals surface area contributed by atoms with Crippen LogP contribution >= 0.6 is 0 Å². The Morgan fingerprint density at radius 2 is 2.21 bits per heavy atom. The fraction of sp³-hybridized carbons (Fsp3) is 0.154. The first kappa shape index (κ1) is 12.8. The predicted octanol–water partition coefficient (Wildman–Crippen LogP) is 1.41. The molecule has 0 aliphatic rings. The number of nitrogens with two attached hydrogens (primary N) is 1. The summed E-state index contributed by atoms with van der Waals surface area (Å²) in [5, 5.41) is 12.0. The predicted molar refractivity (Wildman–Crippen MR) is 72.0 cm³/mol. The van der Waals surface area contributed by atoms with E-state index in [1.165, 1.54) is 12.3 Å². The molecule has 0 bridgehead atoms. The maximum absolute atomic E-state index is 10.9. The summed E-state index contributed by atoms with van der Waals surface area (Å²) >= 11 is 0. The van der Waals surface area contributed by atoms with E-state index in [1.807, 2.05) is 12.1 Å². The lowest BCUT2D eigenvalue weighted by Gasteiger charge is -2.09. The van der Waals surface area contributed by atoms with E-state index in [0.717, 1.165) is 12.0 Å². The van der Waals surface area contributed by atoms with Gasteiger partial charge in [0.2, 0.25) is 0 Å². The van der Waals surface area contributed by atoms with Crippen molar-refractivity contribution in [1.82, 2.24) is 9.97 Å². The maximum atomic E-state index is 10.9. The zero-order chi connectivity index (χ0) is 13.7. The van der Waals surface area contributed by atoms with Crippen molar-refractivity contribution in [3.05, 3.63) is 47.9 Å². The average Bonchev–Trinajstić information content (AvgIpc) is 2.41. The lowest BCUT2D eigenvalue weighted by Crippen LogP contribution is -2.11. The van der Waals surface area contributed by atoms with E-state index >= 15 is 0 Å². The Hall–Kier alpha value is -2.63. The average molecular weight is 258 g/mol. The molecule has 6 heteroatoms. The smallest absolute Gasteiger partial charge is 0.337 e. The summed E-state index contributed by atoms with van der Waals surface area (Å²) in [5.74, 6) is -0.668. The standard InChI is InChI=1S/C13H14N4O2/c14-11-10(13(18)19)4-7-17-12(11)16-6-3-9-2-1-5-15-8-9/h1-2,4-5,7-8H,3,6,14H2,(H,16,17)(H,18,19). The van der Waals surface area contributed by atoms with Crippen LogP contribution < -0.4 is 11.1 Å². The summed E-state index contributed by atoms with van der Waals surface area (Å²) in [6.45, 7) is 0.603. The molecule has 0 radical (unpaired) electrons. The number of carbonyl (C=O) groups is 1. The van der Waals surface area contributed by atoms with Crippen LogP contribution in [0, 0.1) is 0 Å². The maximum Gasteiger partial charge on any atom is 0.337 e. The van der Waals surface area contributed by atoms with Crippen LogP contribution in [0.2, 0.25) is 0 Å². The minimum absolute atomic E-state index is 0.0545. The lowest BCUT2D eigenvalue weighted by molar-refractivity contribution is 0.0698. The van der Waals surface area contributed by atoms with Gasteiger partial charge in [-0.25, -0.2) is 9.78 Å². The SMILES string of the molecule is Nc1c(C(=O)O)ccnc1NCCc1cccnc1. The lowest BCUT2D eigenvalue weighted by atomic mass is 10.2. The third kappa shape index (κ3) is 3.19. The number of pyridine rings is 2. The van der Waals surface area contributed by atoms with Crippen molar-refractivity contribution in [2.75, 3.05) is 17.6 Å². The summed E-state index contributed by atoms with van der Waals surface area (Å²) in [4.78, 5) is 19.0. The van der Waals surface area contributed by atoms with Gasteiger partial charge in [-0.2, -0.15) is 0 Å². The molecule has 0 spiro atoms. The first-order valence-electron chi connectivity index (χ1n) is 5.79. The highest BCUT2D eigenvalue weighted by molar-refractivity contribution is 5.96. The highest BCUT2D eigenvalue weighted by atomic mass is 16.4. The Kier molecular flexibility index (Phi) is 3.92. The minimum atomic E-state index is -1.06. The molecule has 2 rings (SSSR count). The van der Waals surface area contributed by atoms with Crippen molar-refractivity contribution in [1.29, 1.82) is 0 Å². The van der Waals surface area contributed by atoms with Gasteiger partial charge in [0.15, 0.2) is 0 Å². The van der Waals surface area contributed by atoms with E-state index in [9.17, 15) is 4.79 Å². The third-order valence-electron chi connectivity index (χ3n) is 2.65. The van der Waals surface area contributed by atoms with E-state index in [2.05, 4.69) is 15.3 Å². The Balaban J connectivity index is 2.00. The molecule has 0 amide bonds. The number of carboxylic acids is 1. The minimum Gasteiger partial charge on any atom is -0.478 e. The van der Waals surface area contributed by atoms with Gasteiger partial charge in [0.1, 0.15) is 5.82 Å². The molecule has 19 heavy (non-hydrogen) atoms. The third-order valence-corrected chi connectivity index (χ3v) is 2.65. The van der Waals surface area contributed by atoms with Crippen LogP contribution in [0.5, 0.6) is 0 Å². The van der Waals surface area contributed by atoms with E-state index in [0.29, 0.717) is 12.4 Å². The summed E-state index contributed by atoms with van der Waals surface area (Å²) in [6, 6.07) is 5.22. The van der Waals surface area contributed by atoms with Crippen molar-refractivity contribution in [3.8, 4) is 0 Å². The van der Waals surface area contributed by atoms with Gasteiger partial charge < -0.3 is 16.2 Å². The molecular weight excluding hydrogens is 244 g/mol. The van der Waals surface area contributed by atoms with Crippen molar-refractivity contribution in [2.24, 2.45) is 0 Å². The van der Waals surface area contributed by atoms with Gasteiger partial charge in [-0.15, -0.1) is 0 Å². The molecule has 0 aromatic carbocycles. The summed E-state index contributed by atoms with van der Waals surface area (Å²) in [6.07, 6.45) is 5.68. The fourth-order valence-corrected chi connectivity index (χ4v) is 1.67. The van der Waals surface area contributed by atoms with E-state index < -0.39 is 5.97 Å². The largest absolute Gasteiger partial charge is 0.478 e. The van der Waals surface area contributed by atoms with Gasteiger partial charge in [-0.3, -0.25) is 4.98 Å². The Morgan fingerprint density at radius 1 is 1.37 bits per heavy atom. The number of nitrogens with zero attached hydrogens (tertiary/aromatic N) is 2. The van der Waals surface area contributed by atoms with Crippen LogP contribution in [-0.4, -0.2) is 27.6 Å². The van der Waals surface area contributed by atoms with Gasteiger partial charge in [-0.1, -0.05) is 6.07 Å². The number of hydrogen-bond acceptors (Lipinski definition) is 5. The number of carboxylic acid groups (broad SMARTS) is 1. The molecule has 2 aromatic rings. The van der Waals surface area contributed by atoms with Gasteiger partial charge in [0.25, 0.3) is 0 Å². The summed E-state index contributed by atoms with van der Waals surface area (Å²) in [5.41, 5.74) is 7.04. The molecule has 4 N–H and O–H groups in total. The number of nitrogen functional groups attached to an aromatic ring is 1. The zero-order valence-electron chi connectivity index (χ0n) is 10.2. The second-order valence-electron chi connectivity index (χ2n) is 3.96. The zero-order valence-corrected chi connectivity index (χ0v) is 10.2. The topological polar surface area (TPSA) is 101 Å². The van der Waals surface area contributed by atoms with Crippen molar-refractivity contribution >= 4 is 17.5 Å². The second kappa shape index (κ2) is 5.81. The molecule has 0 atom stereocenters. The van der Waals surface area contributed by atoms with E-state index in [-0.39, 0.29) is 11.3 Å². The number of aromatic carboxylic acids is 1. The summed E-state index contributed by atoms with van der Waals surface area (Å²) in [7, 11) is 0. The van der Waals surface area contributed by atoms with E-state index in [4.69, 9.17) is 10.8 Å². The van der Waals surface area contributed by atoms with Crippen LogP contribution in [0.4, 0.5) is 11.5 Å². The van der Waals surface area contributed by atoms with Crippen molar-refractivity contribution in [3.63, 3.8) is 0 Å². The van der Waals surface area contributed by atoms with E-state index in [1.54, 1.807) is 12.4 Å². The molecule has 0 saturated heterocycles. The molecule has 98 valence electrons. The molecular formula is C13H14N4O2. The summed E-state index contributed by atoms with van der Waals surface area (Å²) < 4.78 is 0. The van der Waals surface area contributed by atoms with Gasteiger partial charge in [0, 0.05) is 25.1 Å². The van der Waals surface area contributed by atoms with Gasteiger partial charge in [-0.05, 0) is 24.1 Å². The van der Waals surface area contributed by atoms with Crippen molar-refractivity contribution < 1.29 is 9.90 Å². The molecule has 0 unspecified atom stereocenters. The molecule has 2 heterocycles. The van der Waals surface area contributed by atoms with Crippen LogP contribution in [0.25, 0.3) is 0 Å². The number of hydrogen-bond donors (Lipinski definition) is 3. The monoisotopic (exact) mass is 258 g/mol. The van der Waals surface area contributed by atoms with Crippen LogP contribution in [-0.2, 0) is 6.42 Å². The number of nitrogens with one attached hydrogen (secondary N) is 1. The normalized spacial score (nSPS) is 10.1. The second-order valence-corrected chi connectivity index (χ2v) is 3.96. The fourth-order valence-electron chi connectivity index (χ4n) is 1.67. The highest BCUT2D eigenvalue weighted by Gasteiger charge is 2.11. The molecule has 6 nitrogen and oxygen atoms in total. The van der Waals surface area contributed by atoms with Gasteiger partial charge in [0.05, 0.1) is 11.3 Å². The Morgan fingerprint density at radius 3 is 2.89 bits per heavy atom. The number of anilines is 2. The van der Waals surface area contributed by atoms with Crippen LogP contribution in [0.15, 0.2) is 36.8 Å². The Bertz CT molecular complexity index is 572. The molecule has 0 aliphatic heterocycles. The first-order chi connectivity index (χ1) is 9.18. The molecule has 0 aliphatic carbocycles. The van der Waals surface area contributed by atoms with Crippen LogP contribution in [0.3, 0.4) is 0 Å². The Labute approximate surface area is 110 Å². The van der Waals surface area contributed by atoms with Crippen molar-refractivity contribution in [2.45, 2.75) is 6.42 Å². The molecule has 0 fully saturated rings. The molecule has 0 saturated carbocycles. The highest BCUT2D eigenvalue weighted by Crippen LogP contribution is 2.19. The first-order valence-corrected chi connectivity index (χ1v) is 5.79. The number of rotatable bonds is 5. The van der Waals surface area contributed by atoms with Crippen LogP contribution in [0.1, 0.15) is 15.9 Å².